The highest BCUT2D eigenvalue weighted by molar-refractivity contribution is 6.03. The molecule has 0 saturated carbocycles. The van der Waals surface area contributed by atoms with Gasteiger partial charge in [-0.3, -0.25) is 9.59 Å². The molecule has 1 aliphatic heterocycles. The maximum absolute atomic E-state index is 13.8. The Balaban J connectivity index is 1.93. The van der Waals surface area contributed by atoms with Crippen LogP contribution in [-0.2, 0) is 9.59 Å². The molecule has 0 bridgehead atoms. The van der Waals surface area contributed by atoms with Crippen molar-refractivity contribution < 1.29 is 28.6 Å². The Morgan fingerprint density at radius 1 is 1.13 bits per heavy atom. The monoisotopic (exact) mass is 414 g/mol. The summed E-state index contributed by atoms with van der Waals surface area (Å²) >= 11 is 0. The molecule has 1 heterocycles. The number of nitrogens with zero attached hydrogens (tertiary/aromatic N) is 2. The molecule has 0 radical (unpaired) electrons. The van der Waals surface area contributed by atoms with Crippen molar-refractivity contribution in [3.05, 3.63) is 59.4 Å². The lowest BCUT2D eigenvalue weighted by Crippen LogP contribution is -2.27. The van der Waals surface area contributed by atoms with Crippen LogP contribution in [0.2, 0.25) is 0 Å². The Morgan fingerprint density at radius 2 is 1.83 bits per heavy atom. The van der Waals surface area contributed by atoms with Crippen LogP contribution in [0, 0.1) is 5.82 Å². The molecule has 8 heteroatoms. The molecule has 0 fully saturated rings. The highest BCUT2D eigenvalue weighted by Crippen LogP contribution is 2.35. The summed E-state index contributed by atoms with van der Waals surface area (Å²) in [5.41, 5.74) is 1.98. The van der Waals surface area contributed by atoms with Crippen molar-refractivity contribution in [2.24, 2.45) is 5.10 Å². The van der Waals surface area contributed by atoms with Gasteiger partial charge in [0.15, 0.2) is 0 Å². The van der Waals surface area contributed by atoms with Gasteiger partial charge < -0.3 is 14.6 Å². The first-order valence-corrected chi connectivity index (χ1v) is 9.51. The lowest BCUT2D eigenvalue weighted by Gasteiger charge is -2.22. The number of ether oxygens (including phenoxy) is 2. The van der Waals surface area contributed by atoms with Crippen LogP contribution in [0.4, 0.5) is 4.39 Å². The summed E-state index contributed by atoms with van der Waals surface area (Å²) in [6, 6.07) is 10.9. The molecule has 1 amide bonds. The topological polar surface area (TPSA) is 88.4 Å². The van der Waals surface area contributed by atoms with E-state index in [1.54, 1.807) is 44.6 Å². The first-order chi connectivity index (χ1) is 14.4. The predicted octanol–water partition coefficient (Wildman–Crippen LogP) is 3.78. The van der Waals surface area contributed by atoms with Crippen LogP contribution in [0.15, 0.2) is 47.6 Å². The zero-order valence-electron chi connectivity index (χ0n) is 16.8. The standard InChI is InChI=1S/C22H23FN2O5/c1-29-17-10-15(11-18(12-17)30-2)19-13-20(14-5-3-6-16(23)9-14)25(24-19)21(26)7-4-8-22(27)28/h3,5-6,9-12,20H,4,7-8,13H2,1-2H3,(H,27,28). The number of benzene rings is 2. The number of carboxylic acids is 1. The average Bonchev–Trinajstić information content (AvgIpc) is 3.18. The molecule has 1 N–H and O–H groups in total. The van der Waals surface area contributed by atoms with Gasteiger partial charge in [-0.2, -0.15) is 5.10 Å². The SMILES string of the molecule is COc1cc(OC)cc(C2=NN(C(=O)CCCC(=O)O)C(c3cccc(F)c3)C2)c1. The number of aliphatic carboxylic acids is 1. The molecule has 1 atom stereocenters. The molecule has 0 aromatic heterocycles. The van der Waals surface area contributed by atoms with Gasteiger partial charge in [0, 0.05) is 30.9 Å². The van der Waals surface area contributed by atoms with E-state index < -0.39 is 17.8 Å². The number of carbonyl (C=O) groups excluding carboxylic acids is 1. The van der Waals surface area contributed by atoms with Crippen molar-refractivity contribution in [2.45, 2.75) is 31.7 Å². The van der Waals surface area contributed by atoms with Gasteiger partial charge in [0.05, 0.1) is 26.0 Å². The smallest absolute Gasteiger partial charge is 0.303 e. The molecule has 2 aromatic carbocycles. The van der Waals surface area contributed by atoms with Crippen molar-refractivity contribution in [3.63, 3.8) is 0 Å². The van der Waals surface area contributed by atoms with E-state index in [1.807, 2.05) is 0 Å². The van der Waals surface area contributed by atoms with E-state index in [9.17, 15) is 14.0 Å². The molecule has 1 aliphatic rings. The van der Waals surface area contributed by atoms with Crippen LogP contribution in [0.5, 0.6) is 11.5 Å². The first kappa shape index (κ1) is 21.3. The maximum Gasteiger partial charge on any atom is 0.303 e. The van der Waals surface area contributed by atoms with E-state index >= 15 is 0 Å². The largest absolute Gasteiger partial charge is 0.497 e. The minimum atomic E-state index is -0.960. The third-order valence-corrected chi connectivity index (χ3v) is 4.87. The summed E-state index contributed by atoms with van der Waals surface area (Å²) in [4.78, 5) is 23.6. The number of hydrogen-bond donors (Lipinski definition) is 1. The van der Waals surface area contributed by atoms with Gasteiger partial charge in [-0.1, -0.05) is 12.1 Å². The molecule has 0 saturated heterocycles. The quantitative estimate of drug-likeness (QED) is 0.710. The Labute approximate surface area is 173 Å². The molecule has 3 rings (SSSR count). The average molecular weight is 414 g/mol. The van der Waals surface area contributed by atoms with Crippen LogP contribution in [-0.4, -0.2) is 41.9 Å². The summed E-state index contributed by atoms with van der Waals surface area (Å²) in [6.45, 7) is 0. The Morgan fingerprint density at radius 3 is 2.43 bits per heavy atom. The van der Waals surface area contributed by atoms with Crippen molar-refractivity contribution in [2.75, 3.05) is 14.2 Å². The molecule has 7 nitrogen and oxygen atoms in total. The van der Waals surface area contributed by atoms with Gasteiger partial charge in [0.2, 0.25) is 5.91 Å². The number of hydrogen-bond acceptors (Lipinski definition) is 5. The van der Waals surface area contributed by atoms with Crippen LogP contribution in [0.25, 0.3) is 0 Å². The Kier molecular flexibility index (Phi) is 6.66. The number of carboxylic acid groups (broad SMARTS) is 1. The van der Waals surface area contributed by atoms with Crippen LogP contribution in [0.3, 0.4) is 0 Å². The molecule has 1 unspecified atom stereocenters. The van der Waals surface area contributed by atoms with E-state index in [0.717, 1.165) is 5.56 Å². The van der Waals surface area contributed by atoms with Crippen molar-refractivity contribution in [3.8, 4) is 11.5 Å². The van der Waals surface area contributed by atoms with Gasteiger partial charge in [-0.15, -0.1) is 0 Å². The van der Waals surface area contributed by atoms with Crippen LogP contribution >= 0.6 is 0 Å². The van der Waals surface area contributed by atoms with Gasteiger partial charge >= 0.3 is 5.97 Å². The number of amides is 1. The fraction of sp³-hybridized carbons (Fsp3) is 0.318. The zero-order valence-corrected chi connectivity index (χ0v) is 16.8. The zero-order chi connectivity index (χ0) is 21.7. The van der Waals surface area contributed by atoms with Gasteiger partial charge in [0.25, 0.3) is 0 Å². The Bertz CT molecular complexity index is 954. The lowest BCUT2D eigenvalue weighted by molar-refractivity contribution is -0.137. The lowest BCUT2D eigenvalue weighted by atomic mass is 9.98. The van der Waals surface area contributed by atoms with Gasteiger partial charge in [-0.05, 0) is 36.2 Å². The van der Waals surface area contributed by atoms with Crippen molar-refractivity contribution in [1.29, 1.82) is 0 Å². The third kappa shape index (κ3) is 4.94. The van der Waals surface area contributed by atoms with Crippen molar-refractivity contribution >= 4 is 17.6 Å². The fourth-order valence-corrected chi connectivity index (χ4v) is 3.37. The van der Waals surface area contributed by atoms with Crippen LogP contribution < -0.4 is 9.47 Å². The molecule has 0 aliphatic carbocycles. The van der Waals surface area contributed by atoms with Gasteiger partial charge in [-0.25, -0.2) is 9.40 Å². The molecular weight excluding hydrogens is 391 g/mol. The Hall–Kier alpha value is -3.42. The number of hydrazone groups is 1. The molecular formula is C22H23FN2O5. The van der Waals surface area contributed by atoms with Gasteiger partial charge in [0.1, 0.15) is 17.3 Å². The summed E-state index contributed by atoms with van der Waals surface area (Å²) in [7, 11) is 3.09. The molecule has 0 spiro atoms. The van der Waals surface area contributed by atoms with E-state index in [2.05, 4.69) is 5.10 Å². The fourth-order valence-electron chi connectivity index (χ4n) is 3.37. The summed E-state index contributed by atoms with van der Waals surface area (Å²) in [6.07, 6.45) is 0.521. The summed E-state index contributed by atoms with van der Waals surface area (Å²) in [5, 5.41) is 14.7. The second-order valence-electron chi connectivity index (χ2n) is 6.91. The van der Waals surface area contributed by atoms with E-state index in [0.29, 0.717) is 29.2 Å². The molecule has 2 aromatic rings. The number of methoxy groups -OCH3 is 2. The van der Waals surface area contributed by atoms with E-state index in [-0.39, 0.29) is 25.2 Å². The maximum atomic E-state index is 13.8. The second-order valence-corrected chi connectivity index (χ2v) is 6.91. The number of halogens is 1. The first-order valence-electron chi connectivity index (χ1n) is 9.51. The van der Waals surface area contributed by atoms with E-state index in [4.69, 9.17) is 14.6 Å². The third-order valence-electron chi connectivity index (χ3n) is 4.87. The highest BCUT2D eigenvalue weighted by atomic mass is 19.1. The summed E-state index contributed by atoms with van der Waals surface area (Å²) < 4.78 is 24.4. The second kappa shape index (κ2) is 9.39. The molecule has 30 heavy (non-hydrogen) atoms. The summed E-state index contributed by atoms with van der Waals surface area (Å²) in [5.74, 6) is -0.502. The van der Waals surface area contributed by atoms with Crippen LogP contribution in [0.1, 0.15) is 42.9 Å². The minimum Gasteiger partial charge on any atom is -0.497 e. The minimum absolute atomic E-state index is 0.0380. The van der Waals surface area contributed by atoms with Crippen molar-refractivity contribution in [1.82, 2.24) is 5.01 Å². The predicted molar refractivity (Wildman–Crippen MR) is 108 cm³/mol. The number of rotatable bonds is 8. The molecule has 158 valence electrons. The normalized spacial score (nSPS) is 15.6. The highest BCUT2D eigenvalue weighted by Gasteiger charge is 2.33. The number of carbonyl (C=O) groups is 2. The van der Waals surface area contributed by atoms with E-state index in [1.165, 1.54) is 17.1 Å².